The number of hydrogen-bond donors (Lipinski definition) is 0. The van der Waals surface area contributed by atoms with Gasteiger partial charge >= 0.3 is 0 Å². The standard InChI is InChI=1S/C19H17NOS/c1-22-19-12-17(15-10-6-3-7-11-15)20(19)13-16(18(19)21)14-8-4-2-5-9-14/h2-11,13,17H,12H2,1H3. The van der Waals surface area contributed by atoms with Crippen LogP contribution in [0.3, 0.4) is 0 Å². The molecule has 22 heavy (non-hydrogen) atoms. The zero-order valence-electron chi connectivity index (χ0n) is 12.4. The van der Waals surface area contributed by atoms with Crippen molar-refractivity contribution in [1.29, 1.82) is 0 Å². The number of carbonyl (C=O) groups excluding carboxylic acids is 1. The number of nitrogens with zero attached hydrogens (tertiary/aromatic N) is 1. The van der Waals surface area contributed by atoms with E-state index in [-0.39, 0.29) is 5.78 Å². The number of fused-ring (bicyclic) bond motifs is 1. The summed E-state index contributed by atoms with van der Waals surface area (Å²) < 4.78 is 0. The first-order valence-electron chi connectivity index (χ1n) is 7.47. The normalized spacial score (nSPS) is 26.4. The Balaban J connectivity index is 1.73. The molecular formula is C19H17NOS. The maximum Gasteiger partial charge on any atom is 0.200 e. The molecule has 2 aromatic carbocycles. The Morgan fingerprint density at radius 3 is 2.32 bits per heavy atom. The molecular weight excluding hydrogens is 290 g/mol. The number of carbonyl (C=O) groups is 1. The van der Waals surface area contributed by atoms with Crippen LogP contribution in [0.25, 0.3) is 5.57 Å². The van der Waals surface area contributed by atoms with Crippen LogP contribution < -0.4 is 0 Å². The van der Waals surface area contributed by atoms with Crippen LogP contribution in [-0.2, 0) is 4.79 Å². The third-order valence-corrected chi connectivity index (χ3v) is 5.94. The number of hydrogen-bond acceptors (Lipinski definition) is 3. The van der Waals surface area contributed by atoms with Crippen LogP contribution in [0.1, 0.15) is 23.6 Å². The Morgan fingerprint density at radius 2 is 1.68 bits per heavy atom. The van der Waals surface area contributed by atoms with Crippen molar-refractivity contribution in [2.45, 2.75) is 17.3 Å². The van der Waals surface area contributed by atoms with Crippen LogP contribution >= 0.6 is 11.8 Å². The molecule has 2 unspecified atom stereocenters. The van der Waals surface area contributed by atoms with Gasteiger partial charge in [-0.15, -0.1) is 11.8 Å². The van der Waals surface area contributed by atoms with Crippen molar-refractivity contribution >= 4 is 23.1 Å². The molecule has 0 spiro atoms. The van der Waals surface area contributed by atoms with Gasteiger partial charge in [0.1, 0.15) is 0 Å². The maximum absolute atomic E-state index is 13.0. The van der Waals surface area contributed by atoms with E-state index in [9.17, 15) is 4.79 Å². The summed E-state index contributed by atoms with van der Waals surface area (Å²) in [5.74, 6) is 0.249. The third kappa shape index (κ3) is 1.78. The molecule has 0 aromatic heterocycles. The van der Waals surface area contributed by atoms with Gasteiger partial charge in [-0.1, -0.05) is 60.7 Å². The summed E-state index contributed by atoms with van der Waals surface area (Å²) in [6.07, 6.45) is 4.98. The fraction of sp³-hybridized carbons (Fsp3) is 0.211. The van der Waals surface area contributed by atoms with Gasteiger partial charge in [-0.05, 0) is 17.4 Å². The van der Waals surface area contributed by atoms with Crippen molar-refractivity contribution in [2.24, 2.45) is 0 Å². The SMILES string of the molecule is CSC12CC(c3ccccc3)N1C=C(c1ccccc1)C2=O. The van der Waals surface area contributed by atoms with Crippen molar-refractivity contribution in [3.8, 4) is 0 Å². The highest BCUT2D eigenvalue weighted by atomic mass is 32.2. The Bertz CT molecular complexity index is 741. The molecule has 0 radical (unpaired) electrons. The predicted octanol–water partition coefficient (Wildman–Crippen LogP) is 4.12. The largest absolute Gasteiger partial charge is 0.348 e. The second-order valence-corrected chi connectivity index (χ2v) is 6.85. The summed E-state index contributed by atoms with van der Waals surface area (Å²) in [6, 6.07) is 20.7. The second kappa shape index (κ2) is 5.03. The predicted molar refractivity (Wildman–Crippen MR) is 91.3 cm³/mol. The van der Waals surface area contributed by atoms with Crippen molar-refractivity contribution < 1.29 is 4.79 Å². The van der Waals surface area contributed by atoms with Crippen LogP contribution in [0.15, 0.2) is 66.9 Å². The van der Waals surface area contributed by atoms with Crippen LogP contribution in [0.2, 0.25) is 0 Å². The lowest BCUT2D eigenvalue weighted by Gasteiger charge is -2.53. The number of thioether (sulfide) groups is 1. The van der Waals surface area contributed by atoms with Crippen LogP contribution in [0.4, 0.5) is 0 Å². The van der Waals surface area contributed by atoms with E-state index in [1.165, 1.54) is 5.56 Å². The minimum absolute atomic E-state index is 0.249. The highest BCUT2D eigenvalue weighted by molar-refractivity contribution is 8.00. The molecule has 110 valence electrons. The van der Waals surface area contributed by atoms with Gasteiger partial charge in [-0.2, -0.15) is 0 Å². The molecule has 3 heteroatoms. The van der Waals surface area contributed by atoms with E-state index >= 15 is 0 Å². The lowest BCUT2D eigenvalue weighted by atomic mass is 9.85. The van der Waals surface area contributed by atoms with Gasteiger partial charge in [0.25, 0.3) is 0 Å². The molecule has 2 heterocycles. The molecule has 0 saturated carbocycles. The molecule has 2 nitrogen and oxygen atoms in total. The molecule has 4 rings (SSSR count). The summed E-state index contributed by atoms with van der Waals surface area (Å²) in [4.78, 5) is 14.8. The first-order chi connectivity index (χ1) is 10.8. The van der Waals surface area contributed by atoms with Gasteiger partial charge in [0.2, 0.25) is 5.78 Å². The number of benzene rings is 2. The topological polar surface area (TPSA) is 20.3 Å². The minimum Gasteiger partial charge on any atom is -0.348 e. The Hall–Kier alpha value is -2.00. The fourth-order valence-corrected chi connectivity index (χ4v) is 4.49. The summed E-state index contributed by atoms with van der Waals surface area (Å²) >= 11 is 1.66. The Labute approximate surface area is 134 Å². The monoisotopic (exact) mass is 307 g/mol. The second-order valence-electron chi connectivity index (χ2n) is 5.76. The fourth-order valence-electron chi connectivity index (χ4n) is 3.48. The zero-order chi connectivity index (χ0) is 15.2. The van der Waals surface area contributed by atoms with E-state index < -0.39 is 4.87 Å². The summed E-state index contributed by atoms with van der Waals surface area (Å²) in [5.41, 5.74) is 3.14. The average Bonchev–Trinajstić information content (AvgIpc) is 2.77. The van der Waals surface area contributed by atoms with Crippen molar-refractivity contribution in [3.63, 3.8) is 0 Å². The lowest BCUT2D eigenvalue weighted by Crippen LogP contribution is -2.57. The Kier molecular flexibility index (Phi) is 3.12. The summed E-state index contributed by atoms with van der Waals surface area (Å²) in [5, 5.41) is 0. The van der Waals surface area contributed by atoms with Crippen LogP contribution in [-0.4, -0.2) is 21.8 Å². The van der Waals surface area contributed by atoms with Gasteiger partial charge < -0.3 is 4.90 Å². The highest BCUT2D eigenvalue weighted by Gasteiger charge is 2.59. The third-order valence-electron chi connectivity index (χ3n) is 4.70. The quantitative estimate of drug-likeness (QED) is 0.851. The van der Waals surface area contributed by atoms with E-state index in [1.54, 1.807) is 11.8 Å². The van der Waals surface area contributed by atoms with Crippen molar-refractivity contribution in [3.05, 3.63) is 78.0 Å². The molecule has 0 N–H and O–H groups in total. The summed E-state index contributed by atoms with van der Waals surface area (Å²) in [7, 11) is 0. The lowest BCUT2D eigenvalue weighted by molar-refractivity contribution is -0.124. The van der Waals surface area contributed by atoms with Crippen molar-refractivity contribution in [2.75, 3.05) is 6.26 Å². The number of ketones is 1. The number of Topliss-reactive ketones (excluding diaryl/α,β-unsaturated/α-hetero) is 1. The van der Waals surface area contributed by atoms with E-state index in [0.29, 0.717) is 6.04 Å². The highest BCUT2D eigenvalue weighted by Crippen LogP contribution is 2.58. The van der Waals surface area contributed by atoms with Gasteiger partial charge in [0, 0.05) is 18.2 Å². The van der Waals surface area contributed by atoms with Gasteiger partial charge in [0.05, 0.1) is 6.04 Å². The molecule has 0 aliphatic carbocycles. The first-order valence-corrected chi connectivity index (χ1v) is 8.69. The zero-order valence-corrected chi connectivity index (χ0v) is 13.2. The minimum atomic E-state index is -0.397. The first kappa shape index (κ1) is 13.6. The molecule has 1 saturated heterocycles. The molecule has 2 aromatic rings. The molecule has 0 amide bonds. The van der Waals surface area contributed by atoms with Crippen molar-refractivity contribution in [1.82, 2.24) is 4.90 Å². The van der Waals surface area contributed by atoms with E-state index in [0.717, 1.165) is 17.6 Å². The van der Waals surface area contributed by atoms with Crippen LogP contribution in [0.5, 0.6) is 0 Å². The Morgan fingerprint density at radius 1 is 1.05 bits per heavy atom. The van der Waals surface area contributed by atoms with E-state index in [4.69, 9.17) is 0 Å². The van der Waals surface area contributed by atoms with Gasteiger partial charge in [-0.3, -0.25) is 4.79 Å². The van der Waals surface area contributed by atoms with E-state index in [1.807, 2.05) is 42.7 Å². The molecule has 2 atom stereocenters. The number of rotatable bonds is 3. The molecule has 0 bridgehead atoms. The summed E-state index contributed by atoms with van der Waals surface area (Å²) in [6.45, 7) is 0. The van der Waals surface area contributed by atoms with E-state index in [2.05, 4.69) is 35.4 Å². The average molecular weight is 307 g/mol. The maximum atomic E-state index is 13.0. The molecule has 2 aliphatic rings. The molecule has 2 aliphatic heterocycles. The van der Waals surface area contributed by atoms with Crippen LogP contribution in [0, 0.1) is 0 Å². The smallest absolute Gasteiger partial charge is 0.200 e. The van der Waals surface area contributed by atoms with Gasteiger partial charge in [0.15, 0.2) is 4.87 Å². The molecule has 1 fully saturated rings. The van der Waals surface area contributed by atoms with Gasteiger partial charge in [-0.25, -0.2) is 0 Å².